The molecule has 0 aliphatic carbocycles. The van der Waals surface area contributed by atoms with E-state index in [-0.39, 0.29) is 11.3 Å². The Labute approximate surface area is 101 Å². The summed E-state index contributed by atoms with van der Waals surface area (Å²) in [5.41, 5.74) is 0.465. The van der Waals surface area contributed by atoms with Crippen LogP contribution in [0.3, 0.4) is 0 Å². The molecule has 0 N–H and O–H groups in total. The van der Waals surface area contributed by atoms with E-state index in [1.807, 2.05) is 13.0 Å². The topological polar surface area (TPSA) is 45.9 Å². The molecule has 0 radical (unpaired) electrons. The number of hydrogen-bond donors (Lipinski definition) is 0. The molecule has 86 valence electrons. The van der Waals surface area contributed by atoms with E-state index in [0.29, 0.717) is 17.4 Å². The molecule has 16 heavy (non-hydrogen) atoms. The molecule has 1 atom stereocenters. The number of hydrogen-bond acceptors (Lipinski definition) is 3. The molecule has 1 rings (SSSR count). The van der Waals surface area contributed by atoms with Crippen molar-refractivity contribution < 1.29 is 4.74 Å². The molecule has 4 heteroatoms. The smallest absolute Gasteiger partial charge is 0.216 e. The monoisotopic (exact) mass is 238 g/mol. The van der Waals surface area contributed by atoms with Crippen molar-refractivity contribution >= 4 is 11.6 Å². The average Bonchev–Trinajstić information content (AvgIpc) is 2.14. The molecular weight excluding hydrogens is 224 g/mol. The van der Waals surface area contributed by atoms with Crippen LogP contribution in [0.15, 0.2) is 12.1 Å². The van der Waals surface area contributed by atoms with Crippen LogP contribution in [0.1, 0.15) is 32.8 Å². The highest BCUT2D eigenvalue weighted by Crippen LogP contribution is 2.18. The first kappa shape index (κ1) is 12.8. The van der Waals surface area contributed by atoms with Gasteiger partial charge in [-0.2, -0.15) is 5.26 Å². The van der Waals surface area contributed by atoms with Crippen LogP contribution < -0.4 is 4.74 Å². The maximum Gasteiger partial charge on any atom is 0.216 e. The lowest BCUT2D eigenvalue weighted by atomic mass is 10.1. The van der Waals surface area contributed by atoms with Crippen LogP contribution in [0.25, 0.3) is 0 Å². The maximum absolute atomic E-state index is 8.77. The number of nitrogens with zero attached hydrogens (tertiary/aromatic N) is 2. The second-order valence-electron chi connectivity index (χ2n) is 4.19. The predicted octanol–water partition coefficient (Wildman–Crippen LogP) is 3.42. The summed E-state index contributed by atoms with van der Waals surface area (Å²) < 4.78 is 5.60. The van der Waals surface area contributed by atoms with Crippen molar-refractivity contribution in [2.45, 2.75) is 33.3 Å². The number of ether oxygens (including phenoxy) is 1. The average molecular weight is 239 g/mol. The number of halogens is 1. The normalized spacial score (nSPS) is 12.2. The second kappa shape index (κ2) is 5.72. The molecular formula is C12H15ClN2O. The van der Waals surface area contributed by atoms with Gasteiger partial charge in [0.05, 0.1) is 17.7 Å². The molecule has 0 fully saturated rings. The van der Waals surface area contributed by atoms with Crippen LogP contribution in [0.2, 0.25) is 5.15 Å². The van der Waals surface area contributed by atoms with E-state index >= 15 is 0 Å². The lowest BCUT2D eigenvalue weighted by Crippen LogP contribution is -2.15. The summed E-state index contributed by atoms with van der Waals surface area (Å²) in [6.07, 6.45) is 1.01. The molecule has 0 aromatic carbocycles. The summed E-state index contributed by atoms with van der Waals surface area (Å²) in [5, 5.41) is 9.06. The Bertz CT molecular complexity index is 398. The first-order valence-corrected chi connectivity index (χ1v) is 5.63. The molecule has 1 aromatic rings. The van der Waals surface area contributed by atoms with E-state index in [1.54, 1.807) is 6.07 Å². The molecule has 1 heterocycles. The molecule has 0 bridgehead atoms. The van der Waals surface area contributed by atoms with Gasteiger partial charge in [-0.1, -0.05) is 25.4 Å². The quantitative estimate of drug-likeness (QED) is 0.755. The van der Waals surface area contributed by atoms with Gasteiger partial charge in [-0.15, -0.1) is 0 Å². The SMILES string of the molecule is CC(C)CC(C)Oc1cc(C#N)cc(Cl)n1. The summed E-state index contributed by atoms with van der Waals surface area (Å²) in [5.74, 6) is 0.974. The Morgan fingerprint density at radius 1 is 1.44 bits per heavy atom. The lowest BCUT2D eigenvalue weighted by molar-refractivity contribution is 0.185. The fraction of sp³-hybridized carbons (Fsp3) is 0.500. The Kier molecular flexibility index (Phi) is 4.57. The molecule has 1 aromatic heterocycles. The van der Waals surface area contributed by atoms with E-state index in [0.717, 1.165) is 6.42 Å². The van der Waals surface area contributed by atoms with Crippen molar-refractivity contribution in [2.24, 2.45) is 5.92 Å². The van der Waals surface area contributed by atoms with Crippen molar-refractivity contribution in [1.82, 2.24) is 4.98 Å². The number of pyridine rings is 1. The predicted molar refractivity (Wildman–Crippen MR) is 63.5 cm³/mol. The van der Waals surface area contributed by atoms with Gasteiger partial charge in [0, 0.05) is 6.07 Å². The zero-order chi connectivity index (χ0) is 12.1. The number of rotatable bonds is 4. The van der Waals surface area contributed by atoms with Crippen LogP contribution >= 0.6 is 11.6 Å². The summed E-state index contributed by atoms with van der Waals surface area (Å²) in [6.45, 7) is 6.24. The van der Waals surface area contributed by atoms with Crippen molar-refractivity contribution in [2.75, 3.05) is 0 Å². The third-order valence-electron chi connectivity index (χ3n) is 2.02. The second-order valence-corrected chi connectivity index (χ2v) is 4.57. The minimum absolute atomic E-state index is 0.0671. The summed E-state index contributed by atoms with van der Waals surface area (Å²) in [6, 6.07) is 5.13. The van der Waals surface area contributed by atoms with Crippen LogP contribution in [0, 0.1) is 17.2 Å². The van der Waals surface area contributed by atoms with Gasteiger partial charge in [0.15, 0.2) is 0 Å². The number of nitriles is 1. The Hall–Kier alpha value is -1.27. The summed E-state index contributed by atoms with van der Waals surface area (Å²) in [4.78, 5) is 4.02. The molecule has 0 aliphatic rings. The van der Waals surface area contributed by atoms with Gasteiger partial charge in [0.25, 0.3) is 0 Å². The van der Waals surface area contributed by atoms with E-state index in [1.165, 1.54) is 6.07 Å². The molecule has 0 saturated heterocycles. The van der Waals surface area contributed by atoms with Crippen LogP contribution in [0.5, 0.6) is 5.88 Å². The Morgan fingerprint density at radius 3 is 2.69 bits per heavy atom. The molecule has 0 aliphatic heterocycles. The van der Waals surface area contributed by atoms with Gasteiger partial charge in [0.1, 0.15) is 5.15 Å². The van der Waals surface area contributed by atoms with Crippen LogP contribution in [-0.2, 0) is 0 Å². The van der Waals surface area contributed by atoms with E-state index in [4.69, 9.17) is 21.6 Å². The molecule has 0 amide bonds. The first-order chi connectivity index (χ1) is 7.51. The van der Waals surface area contributed by atoms with Gasteiger partial charge in [-0.25, -0.2) is 4.98 Å². The third-order valence-corrected chi connectivity index (χ3v) is 2.22. The van der Waals surface area contributed by atoms with Gasteiger partial charge < -0.3 is 4.74 Å². The van der Waals surface area contributed by atoms with Gasteiger partial charge in [-0.3, -0.25) is 0 Å². The van der Waals surface area contributed by atoms with Crippen molar-refractivity contribution in [3.8, 4) is 11.9 Å². The van der Waals surface area contributed by atoms with Crippen LogP contribution in [0.4, 0.5) is 0 Å². The fourth-order valence-corrected chi connectivity index (χ4v) is 1.72. The maximum atomic E-state index is 8.77. The standard InChI is InChI=1S/C12H15ClN2O/c1-8(2)4-9(3)16-12-6-10(7-14)5-11(13)15-12/h5-6,8-9H,4H2,1-3H3. The minimum atomic E-state index is 0.0671. The van der Waals surface area contributed by atoms with Crippen LogP contribution in [-0.4, -0.2) is 11.1 Å². The zero-order valence-corrected chi connectivity index (χ0v) is 10.5. The number of aromatic nitrogens is 1. The van der Waals surface area contributed by atoms with Gasteiger partial charge >= 0.3 is 0 Å². The minimum Gasteiger partial charge on any atom is -0.475 e. The highest BCUT2D eigenvalue weighted by molar-refractivity contribution is 6.29. The molecule has 0 saturated carbocycles. The zero-order valence-electron chi connectivity index (χ0n) is 9.70. The van der Waals surface area contributed by atoms with Crippen molar-refractivity contribution in [3.63, 3.8) is 0 Å². The van der Waals surface area contributed by atoms with E-state index in [9.17, 15) is 0 Å². The lowest BCUT2D eigenvalue weighted by Gasteiger charge is -2.15. The van der Waals surface area contributed by atoms with Crippen molar-refractivity contribution in [1.29, 1.82) is 5.26 Å². The first-order valence-electron chi connectivity index (χ1n) is 5.25. The summed E-state index contributed by atoms with van der Waals surface area (Å²) in [7, 11) is 0. The van der Waals surface area contributed by atoms with Gasteiger partial charge in [0.2, 0.25) is 5.88 Å². The largest absolute Gasteiger partial charge is 0.475 e. The summed E-state index contributed by atoms with van der Waals surface area (Å²) >= 11 is 5.78. The molecule has 3 nitrogen and oxygen atoms in total. The van der Waals surface area contributed by atoms with Gasteiger partial charge in [-0.05, 0) is 25.3 Å². The Balaban J connectivity index is 2.74. The fourth-order valence-electron chi connectivity index (χ4n) is 1.52. The third kappa shape index (κ3) is 4.08. The van der Waals surface area contributed by atoms with E-state index in [2.05, 4.69) is 18.8 Å². The van der Waals surface area contributed by atoms with Crippen molar-refractivity contribution in [3.05, 3.63) is 22.8 Å². The highest BCUT2D eigenvalue weighted by atomic mass is 35.5. The highest BCUT2D eigenvalue weighted by Gasteiger charge is 2.09. The molecule has 0 spiro atoms. The Morgan fingerprint density at radius 2 is 2.12 bits per heavy atom. The van der Waals surface area contributed by atoms with E-state index < -0.39 is 0 Å². The molecule has 1 unspecified atom stereocenters.